The van der Waals surface area contributed by atoms with Crippen molar-refractivity contribution in [1.29, 1.82) is 0 Å². The molecule has 0 unspecified atom stereocenters. The van der Waals surface area contributed by atoms with Crippen LogP contribution in [0.1, 0.15) is 29.8 Å². The smallest absolute Gasteiger partial charge is 0.271 e. The van der Waals surface area contributed by atoms with Crippen LogP contribution in [0, 0.1) is 0 Å². The highest BCUT2D eigenvalue weighted by atomic mass is 16.5. The summed E-state index contributed by atoms with van der Waals surface area (Å²) in [6.45, 7) is 13.0. The minimum atomic E-state index is -0.708. The minimum Gasteiger partial charge on any atom is -0.490 e. The molecular formula is C30H31N5O6. The number of piperazine rings is 1. The monoisotopic (exact) mass is 557 g/mol. The van der Waals surface area contributed by atoms with Crippen molar-refractivity contribution in [3.8, 4) is 16.9 Å². The molecule has 0 aromatic heterocycles. The Hall–Kier alpha value is -4.93. The van der Waals surface area contributed by atoms with Crippen LogP contribution in [-0.4, -0.2) is 83.6 Å². The highest BCUT2D eigenvalue weighted by molar-refractivity contribution is 6.08. The maximum atomic E-state index is 13.3. The van der Waals surface area contributed by atoms with Gasteiger partial charge in [0, 0.05) is 45.6 Å². The minimum absolute atomic E-state index is 0.0560. The molecule has 0 atom stereocenters. The van der Waals surface area contributed by atoms with Crippen molar-refractivity contribution in [3.63, 3.8) is 0 Å². The molecule has 1 saturated heterocycles. The molecule has 11 heteroatoms. The SMILES string of the molecule is C=C(NC(=O)C(=C)N1Cc2c(cccc2-c2ccc3c(c2)OCCN3C(C)=O)C1=O)C(=O)N1CCN(C(C)=O)CC1. The predicted octanol–water partition coefficient (Wildman–Crippen LogP) is 1.89. The maximum Gasteiger partial charge on any atom is 0.271 e. The second-order valence-corrected chi connectivity index (χ2v) is 10.1. The number of benzene rings is 2. The van der Waals surface area contributed by atoms with Crippen molar-refractivity contribution in [2.45, 2.75) is 20.4 Å². The molecule has 0 aliphatic carbocycles. The Kier molecular flexibility index (Phi) is 7.36. The van der Waals surface area contributed by atoms with Gasteiger partial charge < -0.3 is 24.8 Å². The van der Waals surface area contributed by atoms with E-state index in [1.807, 2.05) is 24.3 Å². The predicted molar refractivity (Wildman–Crippen MR) is 151 cm³/mol. The van der Waals surface area contributed by atoms with E-state index in [9.17, 15) is 24.0 Å². The van der Waals surface area contributed by atoms with Crippen molar-refractivity contribution < 1.29 is 28.7 Å². The van der Waals surface area contributed by atoms with E-state index >= 15 is 0 Å². The van der Waals surface area contributed by atoms with Gasteiger partial charge >= 0.3 is 0 Å². The number of anilines is 1. The first-order valence-electron chi connectivity index (χ1n) is 13.3. The number of carbonyl (C=O) groups excluding carboxylic acids is 5. The van der Waals surface area contributed by atoms with Crippen molar-refractivity contribution in [1.82, 2.24) is 20.0 Å². The molecule has 212 valence electrons. The van der Waals surface area contributed by atoms with Gasteiger partial charge in [-0.2, -0.15) is 0 Å². The second kappa shape index (κ2) is 10.9. The normalized spacial score (nSPS) is 16.0. The number of ether oxygens (including phenoxy) is 1. The third kappa shape index (κ3) is 5.18. The first kappa shape index (κ1) is 27.6. The average Bonchev–Trinajstić information content (AvgIpc) is 3.31. The van der Waals surface area contributed by atoms with E-state index in [0.717, 1.165) is 16.7 Å². The van der Waals surface area contributed by atoms with Gasteiger partial charge in [-0.25, -0.2) is 0 Å². The molecular weight excluding hydrogens is 526 g/mol. The Labute approximate surface area is 237 Å². The molecule has 2 aromatic carbocycles. The van der Waals surface area contributed by atoms with Crippen LogP contribution in [0.2, 0.25) is 0 Å². The summed E-state index contributed by atoms with van der Waals surface area (Å²) in [5, 5.41) is 2.48. The molecule has 1 N–H and O–H groups in total. The Morgan fingerprint density at radius 1 is 0.854 bits per heavy atom. The van der Waals surface area contributed by atoms with Gasteiger partial charge in [-0.05, 0) is 34.9 Å². The van der Waals surface area contributed by atoms with Crippen molar-refractivity contribution in [3.05, 3.63) is 72.1 Å². The molecule has 0 saturated carbocycles. The van der Waals surface area contributed by atoms with Crippen LogP contribution in [0.4, 0.5) is 5.69 Å². The lowest BCUT2D eigenvalue weighted by atomic mass is 9.96. The molecule has 3 heterocycles. The van der Waals surface area contributed by atoms with E-state index < -0.39 is 11.8 Å². The summed E-state index contributed by atoms with van der Waals surface area (Å²) >= 11 is 0. The highest BCUT2D eigenvalue weighted by Crippen LogP contribution is 2.39. The van der Waals surface area contributed by atoms with Gasteiger partial charge in [0.15, 0.2) is 0 Å². The zero-order valence-corrected chi connectivity index (χ0v) is 23.1. The Balaban J connectivity index is 1.29. The van der Waals surface area contributed by atoms with Gasteiger partial charge in [0.05, 0.1) is 24.5 Å². The lowest BCUT2D eigenvalue weighted by molar-refractivity contribution is -0.136. The molecule has 1 fully saturated rings. The van der Waals surface area contributed by atoms with Crippen LogP contribution in [0.5, 0.6) is 5.75 Å². The number of hydrogen-bond acceptors (Lipinski definition) is 6. The molecule has 11 nitrogen and oxygen atoms in total. The van der Waals surface area contributed by atoms with Crippen LogP contribution in [0.3, 0.4) is 0 Å². The van der Waals surface area contributed by atoms with Gasteiger partial charge in [-0.1, -0.05) is 31.4 Å². The third-order valence-electron chi connectivity index (χ3n) is 7.60. The van der Waals surface area contributed by atoms with Crippen molar-refractivity contribution >= 4 is 35.2 Å². The second-order valence-electron chi connectivity index (χ2n) is 10.1. The van der Waals surface area contributed by atoms with Crippen LogP contribution in [0.15, 0.2) is 61.0 Å². The van der Waals surface area contributed by atoms with Gasteiger partial charge in [0.1, 0.15) is 18.1 Å². The Bertz CT molecular complexity index is 1510. The topological polar surface area (TPSA) is 120 Å². The van der Waals surface area contributed by atoms with E-state index in [1.54, 1.807) is 21.9 Å². The lowest BCUT2D eigenvalue weighted by Gasteiger charge is -2.34. The molecule has 0 bridgehead atoms. The number of rotatable bonds is 5. The molecule has 3 aliphatic rings. The van der Waals surface area contributed by atoms with E-state index in [-0.39, 0.29) is 35.7 Å². The summed E-state index contributed by atoms with van der Waals surface area (Å²) in [7, 11) is 0. The quantitative estimate of drug-likeness (QED) is 0.561. The van der Waals surface area contributed by atoms with Gasteiger partial charge in [0.2, 0.25) is 11.8 Å². The van der Waals surface area contributed by atoms with Crippen LogP contribution in [0.25, 0.3) is 11.1 Å². The molecule has 0 radical (unpaired) electrons. The summed E-state index contributed by atoms with van der Waals surface area (Å²) in [6, 6.07) is 10.9. The largest absolute Gasteiger partial charge is 0.490 e. The summed E-state index contributed by atoms with van der Waals surface area (Å²) in [6.07, 6.45) is 0. The fourth-order valence-corrected chi connectivity index (χ4v) is 5.34. The highest BCUT2D eigenvalue weighted by Gasteiger charge is 2.34. The number of amides is 5. The van der Waals surface area contributed by atoms with Crippen molar-refractivity contribution in [2.24, 2.45) is 0 Å². The molecule has 3 aliphatic heterocycles. The Morgan fingerprint density at radius 3 is 2.22 bits per heavy atom. The number of nitrogens with zero attached hydrogens (tertiary/aromatic N) is 4. The van der Waals surface area contributed by atoms with Gasteiger partial charge in [-0.15, -0.1) is 0 Å². The first-order valence-corrected chi connectivity index (χ1v) is 13.3. The fourth-order valence-electron chi connectivity index (χ4n) is 5.34. The van der Waals surface area contributed by atoms with Crippen LogP contribution >= 0.6 is 0 Å². The summed E-state index contributed by atoms with van der Waals surface area (Å²) < 4.78 is 5.82. The van der Waals surface area contributed by atoms with Crippen LogP contribution < -0.4 is 15.0 Å². The molecule has 5 rings (SSSR count). The standard InChI is InChI=1S/C30H31N5O6/c1-18(29(39)33-12-10-32(11-13-33)20(3)36)31-28(38)19(2)35-17-25-23(6-5-7-24(25)30(35)40)22-8-9-26-27(16-22)41-15-14-34(26)21(4)37/h5-9,16H,1-2,10-15,17H2,3-4H3,(H,31,38). The number of carbonyl (C=O) groups is 5. The van der Waals surface area contributed by atoms with Gasteiger partial charge in [-0.3, -0.25) is 28.9 Å². The maximum absolute atomic E-state index is 13.3. The summed E-state index contributed by atoms with van der Waals surface area (Å²) in [5.74, 6) is -1.08. The average molecular weight is 558 g/mol. The number of hydrogen-bond donors (Lipinski definition) is 1. The summed E-state index contributed by atoms with van der Waals surface area (Å²) in [5.41, 5.74) is 3.21. The van der Waals surface area contributed by atoms with Gasteiger partial charge in [0.25, 0.3) is 17.7 Å². The fraction of sp³-hybridized carbons (Fsp3) is 0.300. The first-order chi connectivity index (χ1) is 19.6. The van der Waals surface area contributed by atoms with E-state index in [0.29, 0.717) is 56.3 Å². The molecule has 5 amide bonds. The van der Waals surface area contributed by atoms with Crippen LogP contribution in [-0.2, 0) is 25.7 Å². The lowest BCUT2D eigenvalue weighted by Crippen LogP contribution is -2.51. The number of nitrogens with one attached hydrogen (secondary N) is 1. The number of fused-ring (bicyclic) bond motifs is 2. The van der Waals surface area contributed by atoms with E-state index in [1.165, 1.54) is 23.6 Å². The van der Waals surface area contributed by atoms with E-state index in [4.69, 9.17) is 4.74 Å². The van der Waals surface area contributed by atoms with Crippen molar-refractivity contribution in [2.75, 3.05) is 44.2 Å². The molecule has 41 heavy (non-hydrogen) atoms. The third-order valence-corrected chi connectivity index (χ3v) is 7.60. The summed E-state index contributed by atoms with van der Waals surface area (Å²) in [4.78, 5) is 68.8. The van der Waals surface area contributed by atoms with E-state index in [2.05, 4.69) is 18.5 Å². The molecule has 0 spiro atoms. The zero-order valence-electron chi connectivity index (χ0n) is 23.1. The Morgan fingerprint density at radius 2 is 1.54 bits per heavy atom. The molecule has 2 aromatic rings. The zero-order chi connectivity index (χ0) is 29.4.